The number of nitrogens with one attached hydrogen (secondary N) is 2. The van der Waals surface area contributed by atoms with Gasteiger partial charge in [0.2, 0.25) is 5.90 Å². The van der Waals surface area contributed by atoms with Crippen LogP contribution in [0.2, 0.25) is 0 Å². The van der Waals surface area contributed by atoms with Crippen molar-refractivity contribution in [1.82, 2.24) is 5.32 Å². The molecular weight excluding hydrogens is 552 g/mol. The third-order valence-electron chi connectivity index (χ3n) is 9.87. The molecule has 5 nitrogen and oxygen atoms in total. The number of rotatable bonds is 7. The van der Waals surface area contributed by atoms with Crippen LogP contribution >= 0.6 is 0 Å². The summed E-state index contributed by atoms with van der Waals surface area (Å²) in [6, 6.07) is 25.5. The Bertz CT molecular complexity index is 1720. The molecule has 6 atom stereocenters. The summed E-state index contributed by atoms with van der Waals surface area (Å²) in [5.41, 5.74) is 11.0. The van der Waals surface area contributed by atoms with Gasteiger partial charge in [0.25, 0.3) is 0 Å². The summed E-state index contributed by atoms with van der Waals surface area (Å²) in [6.45, 7) is 0. The Kier molecular flexibility index (Phi) is 8.61. The first-order valence-corrected chi connectivity index (χ1v) is 16.4. The SMILES string of the molecule is N=C(OC(N)C1=CC=CC(C2CC(C3CC=CC(c4cccc5ccccc45)C3)NC(C3=CC=CCC3)=N2)C1)c1ccccc1. The zero-order valence-corrected chi connectivity index (χ0v) is 25.7. The van der Waals surface area contributed by atoms with E-state index in [2.05, 4.69) is 96.4 Å². The number of hydrogen-bond acceptors (Lipinski definition) is 5. The maximum atomic E-state index is 8.43. The van der Waals surface area contributed by atoms with E-state index in [9.17, 15) is 0 Å². The summed E-state index contributed by atoms with van der Waals surface area (Å²) >= 11 is 0. The Hall–Kier alpha value is -4.48. The first-order chi connectivity index (χ1) is 22.1. The van der Waals surface area contributed by atoms with E-state index in [1.54, 1.807) is 0 Å². The minimum atomic E-state index is -0.665. The standard InChI is InChI=1S/C40H42N4O/c41-38(28-13-3-1-4-14-28)45-39(42)33-21-10-20-32(25-33)37-26-36(43-40(44-37)29-15-5-2-6-16-29)31-19-9-18-30(24-31)35-23-11-17-27-12-7-8-22-34(27)35/h1-5,7-15,17-18,20-23,30-32,36-37,39,41H,6,16,19,24-26,42H2,(H,43,44). The van der Waals surface area contributed by atoms with E-state index < -0.39 is 6.23 Å². The van der Waals surface area contributed by atoms with Gasteiger partial charge in [-0.2, -0.15) is 0 Å². The maximum Gasteiger partial charge on any atom is 0.215 e. The number of ether oxygens (including phenoxy) is 1. The molecule has 0 amide bonds. The van der Waals surface area contributed by atoms with Crippen molar-refractivity contribution in [3.63, 3.8) is 0 Å². The van der Waals surface area contributed by atoms with Gasteiger partial charge in [-0.15, -0.1) is 0 Å². The molecule has 3 aliphatic carbocycles. The fraction of sp³-hybridized carbons (Fsp3) is 0.300. The zero-order valence-electron chi connectivity index (χ0n) is 25.7. The Balaban J connectivity index is 1.10. The van der Waals surface area contributed by atoms with Crippen molar-refractivity contribution in [1.29, 1.82) is 5.41 Å². The molecular formula is C40H42N4O. The largest absolute Gasteiger partial charge is 0.455 e. The summed E-state index contributed by atoms with van der Waals surface area (Å²) in [5.74, 6) is 2.28. The molecule has 6 unspecified atom stereocenters. The Morgan fingerprint density at radius 2 is 1.76 bits per heavy atom. The third kappa shape index (κ3) is 6.50. The lowest BCUT2D eigenvalue weighted by molar-refractivity contribution is 0.218. The van der Waals surface area contributed by atoms with Gasteiger partial charge in [0, 0.05) is 23.4 Å². The van der Waals surface area contributed by atoms with Gasteiger partial charge in [0.1, 0.15) is 5.84 Å². The van der Waals surface area contributed by atoms with Crippen molar-refractivity contribution in [3.05, 3.63) is 144 Å². The summed E-state index contributed by atoms with van der Waals surface area (Å²) in [4.78, 5) is 5.38. The van der Waals surface area contributed by atoms with Crippen LogP contribution in [-0.4, -0.2) is 30.0 Å². The van der Waals surface area contributed by atoms with Crippen molar-refractivity contribution < 1.29 is 4.74 Å². The lowest BCUT2D eigenvalue weighted by Crippen LogP contribution is -2.49. The van der Waals surface area contributed by atoms with Crippen LogP contribution in [0.5, 0.6) is 0 Å². The molecule has 0 radical (unpaired) electrons. The van der Waals surface area contributed by atoms with Crippen LogP contribution in [0.4, 0.5) is 0 Å². The van der Waals surface area contributed by atoms with Gasteiger partial charge in [-0.25, -0.2) is 0 Å². The molecule has 1 aliphatic heterocycles. The highest BCUT2D eigenvalue weighted by Gasteiger charge is 2.36. The molecule has 5 heteroatoms. The fourth-order valence-corrected chi connectivity index (χ4v) is 7.42. The Morgan fingerprint density at radius 3 is 2.62 bits per heavy atom. The lowest BCUT2D eigenvalue weighted by Gasteiger charge is -2.40. The molecule has 3 aromatic carbocycles. The molecule has 4 aliphatic rings. The fourth-order valence-electron chi connectivity index (χ4n) is 7.42. The maximum absolute atomic E-state index is 8.43. The molecule has 0 saturated heterocycles. The molecule has 0 aromatic heterocycles. The average Bonchev–Trinajstić information content (AvgIpc) is 3.12. The van der Waals surface area contributed by atoms with E-state index >= 15 is 0 Å². The monoisotopic (exact) mass is 594 g/mol. The average molecular weight is 595 g/mol. The van der Waals surface area contributed by atoms with Gasteiger partial charge in [-0.1, -0.05) is 109 Å². The van der Waals surface area contributed by atoms with Gasteiger partial charge < -0.3 is 10.1 Å². The van der Waals surface area contributed by atoms with Crippen molar-refractivity contribution >= 4 is 22.5 Å². The highest BCUT2D eigenvalue weighted by molar-refractivity contribution is 5.99. The second-order valence-electron chi connectivity index (χ2n) is 12.8. The molecule has 0 saturated carbocycles. The van der Waals surface area contributed by atoms with Gasteiger partial charge in [-0.05, 0) is 84.1 Å². The minimum absolute atomic E-state index is 0.0979. The second kappa shape index (κ2) is 13.3. The summed E-state index contributed by atoms with van der Waals surface area (Å²) < 4.78 is 5.91. The highest BCUT2D eigenvalue weighted by Crippen LogP contribution is 2.40. The molecule has 0 spiro atoms. The van der Waals surface area contributed by atoms with Crippen LogP contribution in [0.15, 0.2) is 138 Å². The van der Waals surface area contributed by atoms with E-state index in [0.29, 0.717) is 17.9 Å². The van der Waals surface area contributed by atoms with Crippen molar-refractivity contribution in [2.45, 2.75) is 62.8 Å². The summed E-state index contributed by atoms with van der Waals surface area (Å²) in [5, 5.41) is 15.0. The molecule has 0 fully saturated rings. The van der Waals surface area contributed by atoms with E-state index in [-0.39, 0.29) is 17.9 Å². The van der Waals surface area contributed by atoms with Gasteiger partial charge in [0.15, 0.2) is 6.23 Å². The third-order valence-corrected chi connectivity index (χ3v) is 9.87. The van der Waals surface area contributed by atoms with Crippen molar-refractivity contribution in [3.8, 4) is 0 Å². The minimum Gasteiger partial charge on any atom is -0.455 e. The molecule has 7 rings (SSSR count). The molecule has 0 bridgehead atoms. The Labute approximate surface area is 266 Å². The van der Waals surface area contributed by atoms with E-state index in [1.165, 1.54) is 21.9 Å². The molecule has 4 N–H and O–H groups in total. The molecule has 228 valence electrons. The predicted octanol–water partition coefficient (Wildman–Crippen LogP) is 8.12. The van der Waals surface area contributed by atoms with Crippen LogP contribution in [0.25, 0.3) is 10.8 Å². The number of allylic oxidation sites excluding steroid dienone is 7. The number of aliphatic imine (C=N–C) groups is 1. The van der Waals surface area contributed by atoms with E-state index in [1.807, 2.05) is 30.3 Å². The van der Waals surface area contributed by atoms with Gasteiger partial charge >= 0.3 is 0 Å². The first kappa shape index (κ1) is 29.2. The number of fused-ring (bicyclic) bond motifs is 1. The lowest BCUT2D eigenvalue weighted by atomic mass is 9.74. The zero-order chi connectivity index (χ0) is 30.6. The number of nitrogens with zero attached hydrogens (tertiary/aromatic N) is 1. The first-order valence-electron chi connectivity index (χ1n) is 16.4. The van der Waals surface area contributed by atoms with Gasteiger partial charge in [-0.3, -0.25) is 16.1 Å². The summed E-state index contributed by atoms with van der Waals surface area (Å²) in [7, 11) is 0. The molecule has 3 aromatic rings. The van der Waals surface area contributed by atoms with Gasteiger partial charge in [0.05, 0.1) is 6.04 Å². The van der Waals surface area contributed by atoms with E-state index in [4.69, 9.17) is 20.9 Å². The number of hydrogen-bond donors (Lipinski definition) is 3. The smallest absolute Gasteiger partial charge is 0.215 e. The van der Waals surface area contributed by atoms with E-state index in [0.717, 1.165) is 55.5 Å². The Morgan fingerprint density at radius 1 is 0.911 bits per heavy atom. The number of benzene rings is 3. The van der Waals surface area contributed by atoms with Crippen LogP contribution in [0.3, 0.4) is 0 Å². The number of nitrogens with two attached hydrogens (primary N) is 1. The second-order valence-corrected chi connectivity index (χ2v) is 12.8. The topological polar surface area (TPSA) is 83.5 Å². The van der Waals surface area contributed by atoms with Crippen LogP contribution in [0, 0.1) is 17.2 Å². The highest BCUT2D eigenvalue weighted by atomic mass is 16.5. The van der Waals surface area contributed by atoms with Crippen molar-refractivity contribution in [2.24, 2.45) is 22.6 Å². The normalized spacial score (nSPS) is 26.8. The molecule has 1 heterocycles. The quantitative estimate of drug-likeness (QED) is 0.112. The van der Waals surface area contributed by atoms with Crippen LogP contribution < -0.4 is 11.1 Å². The van der Waals surface area contributed by atoms with Crippen molar-refractivity contribution in [2.75, 3.05) is 0 Å². The predicted molar refractivity (Wildman–Crippen MR) is 185 cm³/mol. The number of amidine groups is 1. The van der Waals surface area contributed by atoms with Crippen LogP contribution in [-0.2, 0) is 4.74 Å². The molecule has 45 heavy (non-hydrogen) atoms. The van der Waals surface area contributed by atoms with Crippen LogP contribution in [0.1, 0.15) is 55.6 Å². The summed E-state index contributed by atoms with van der Waals surface area (Å²) in [6.07, 6.45) is 23.3.